The van der Waals surface area contributed by atoms with Gasteiger partial charge in [0.15, 0.2) is 11.5 Å². The lowest BCUT2D eigenvalue weighted by Crippen LogP contribution is -2.21. The van der Waals surface area contributed by atoms with Crippen molar-refractivity contribution in [2.24, 2.45) is 7.05 Å². The number of anilines is 1. The number of nitrogen functional groups attached to an aromatic ring is 1. The van der Waals surface area contributed by atoms with Gasteiger partial charge in [0.1, 0.15) is 6.61 Å². The Labute approximate surface area is 110 Å². The fraction of sp³-hybridized carbons (Fsp3) is 0.286. The van der Waals surface area contributed by atoms with Crippen LogP contribution in [0.2, 0.25) is 0 Å². The summed E-state index contributed by atoms with van der Waals surface area (Å²) in [6.07, 6.45) is 0.390. The lowest BCUT2D eigenvalue weighted by atomic mass is 10.2. The van der Waals surface area contributed by atoms with E-state index >= 15 is 0 Å². The van der Waals surface area contributed by atoms with Gasteiger partial charge in [0, 0.05) is 24.5 Å². The minimum absolute atomic E-state index is 0.0466. The maximum atomic E-state index is 12.1. The Balaban J connectivity index is 2.47. The molecule has 0 unspecified atom stereocenters. The first-order valence-electron chi connectivity index (χ1n) is 6.06. The van der Waals surface area contributed by atoms with E-state index in [9.17, 15) is 9.59 Å². The molecule has 0 aliphatic carbocycles. The summed E-state index contributed by atoms with van der Waals surface area (Å²) >= 11 is 0. The van der Waals surface area contributed by atoms with Gasteiger partial charge in [-0.3, -0.25) is 9.59 Å². The number of nitrogens with two attached hydrogens (primary N) is 1. The van der Waals surface area contributed by atoms with E-state index < -0.39 is 0 Å². The first kappa shape index (κ1) is 13.1. The summed E-state index contributed by atoms with van der Waals surface area (Å²) in [5.41, 5.74) is 6.85. The van der Waals surface area contributed by atoms with Crippen molar-refractivity contribution >= 4 is 22.4 Å². The van der Waals surface area contributed by atoms with Crippen LogP contribution in [0.25, 0.3) is 10.9 Å². The highest BCUT2D eigenvalue weighted by Gasteiger charge is 2.09. The van der Waals surface area contributed by atoms with Crippen LogP contribution >= 0.6 is 0 Å². The maximum Gasteiger partial charge on any atom is 0.293 e. The largest absolute Gasteiger partial charge is 0.480 e. The van der Waals surface area contributed by atoms with Gasteiger partial charge in [-0.1, -0.05) is 6.92 Å². The van der Waals surface area contributed by atoms with Crippen LogP contribution in [0, 0.1) is 0 Å². The predicted octanol–water partition coefficient (Wildman–Crippen LogP) is 1.48. The van der Waals surface area contributed by atoms with Gasteiger partial charge in [-0.05, 0) is 24.3 Å². The summed E-state index contributed by atoms with van der Waals surface area (Å²) < 4.78 is 6.78. The molecule has 100 valence electrons. The van der Waals surface area contributed by atoms with Gasteiger partial charge in [-0.25, -0.2) is 0 Å². The number of ketones is 1. The molecule has 19 heavy (non-hydrogen) atoms. The molecule has 2 N–H and O–H groups in total. The average molecular weight is 260 g/mol. The third-order valence-electron chi connectivity index (χ3n) is 3.00. The number of pyridine rings is 1. The first-order valence-corrected chi connectivity index (χ1v) is 6.06. The number of carbonyl (C=O) groups excluding carboxylic acids is 1. The second-order valence-electron chi connectivity index (χ2n) is 4.37. The fourth-order valence-corrected chi connectivity index (χ4v) is 1.84. The molecule has 0 atom stereocenters. The molecule has 5 heteroatoms. The fourth-order valence-electron chi connectivity index (χ4n) is 1.84. The molecular formula is C14H16N2O3. The SMILES string of the molecule is CCC(=O)COc1cc2cc(N)ccc2n(C)c1=O. The van der Waals surface area contributed by atoms with E-state index in [2.05, 4.69) is 0 Å². The molecular weight excluding hydrogens is 244 g/mol. The number of hydrogen-bond donors (Lipinski definition) is 1. The average Bonchev–Trinajstić information content (AvgIpc) is 2.40. The lowest BCUT2D eigenvalue weighted by molar-refractivity contribution is -0.120. The number of rotatable bonds is 4. The van der Waals surface area contributed by atoms with Crippen molar-refractivity contribution in [2.75, 3.05) is 12.3 Å². The number of nitrogens with zero attached hydrogens (tertiary/aromatic N) is 1. The molecule has 0 amide bonds. The minimum Gasteiger partial charge on any atom is -0.480 e. The lowest BCUT2D eigenvalue weighted by Gasteiger charge is -2.10. The van der Waals surface area contributed by atoms with Crippen LogP contribution in [0.4, 0.5) is 5.69 Å². The molecule has 2 rings (SSSR count). The van der Waals surface area contributed by atoms with Crippen molar-refractivity contribution in [3.63, 3.8) is 0 Å². The van der Waals surface area contributed by atoms with Gasteiger partial charge in [0.05, 0.1) is 5.52 Å². The molecule has 2 aromatic rings. The summed E-state index contributed by atoms with van der Waals surface area (Å²) in [5.74, 6) is 0.122. The smallest absolute Gasteiger partial charge is 0.293 e. The molecule has 5 nitrogen and oxygen atoms in total. The number of fused-ring (bicyclic) bond motifs is 1. The van der Waals surface area contributed by atoms with E-state index in [1.54, 1.807) is 38.2 Å². The number of aryl methyl sites for hydroxylation is 1. The third kappa shape index (κ3) is 2.59. The third-order valence-corrected chi connectivity index (χ3v) is 3.00. The van der Waals surface area contributed by atoms with E-state index in [4.69, 9.17) is 10.5 Å². The van der Waals surface area contributed by atoms with Gasteiger partial charge in [0.25, 0.3) is 5.56 Å². The van der Waals surface area contributed by atoms with Crippen LogP contribution in [0.1, 0.15) is 13.3 Å². The summed E-state index contributed by atoms with van der Waals surface area (Å²) in [6, 6.07) is 6.91. The molecule has 0 saturated carbocycles. The molecule has 0 aliphatic heterocycles. The van der Waals surface area contributed by atoms with E-state index in [0.717, 1.165) is 10.9 Å². The van der Waals surface area contributed by atoms with Gasteiger partial charge >= 0.3 is 0 Å². The Morgan fingerprint density at radius 2 is 2.11 bits per heavy atom. The van der Waals surface area contributed by atoms with Gasteiger partial charge in [-0.2, -0.15) is 0 Å². The summed E-state index contributed by atoms with van der Waals surface area (Å²) in [5, 5.41) is 0.807. The summed E-state index contributed by atoms with van der Waals surface area (Å²) in [4.78, 5) is 23.3. The van der Waals surface area contributed by atoms with Crippen molar-refractivity contribution in [2.45, 2.75) is 13.3 Å². The molecule has 0 fully saturated rings. The zero-order valence-electron chi connectivity index (χ0n) is 11.0. The normalized spacial score (nSPS) is 10.6. The molecule has 0 saturated heterocycles. The standard InChI is InChI=1S/C14H16N2O3/c1-3-11(17)8-19-13-7-9-6-10(15)4-5-12(9)16(2)14(13)18/h4-7H,3,8,15H2,1-2H3. The number of ether oxygens (including phenoxy) is 1. The van der Waals surface area contributed by atoms with E-state index in [1.165, 1.54) is 4.57 Å². The molecule has 0 spiro atoms. The van der Waals surface area contributed by atoms with Gasteiger partial charge < -0.3 is 15.0 Å². The van der Waals surface area contributed by atoms with Crippen molar-refractivity contribution in [3.05, 3.63) is 34.6 Å². The van der Waals surface area contributed by atoms with Crippen molar-refractivity contribution in [1.82, 2.24) is 4.57 Å². The topological polar surface area (TPSA) is 74.3 Å². The van der Waals surface area contributed by atoms with Gasteiger partial charge in [0.2, 0.25) is 0 Å². The zero-order valence-corrected chi connectivity index (χ0v) is 11.0. The second-order valence-corrected chi connectivity index (χ2v) is 4.37. The monoisotopic (exact) mass is 260 g/mol. The molecule has 0 bridgehead atoms. The van der Waals surface area contributed by atoms with E-state index in [1.807, 2.05) is 0 Å². The van der Waals surface area contributed by atoms with Gasteiger partial charge in [-0.15, -0.1) is 0 Å². The Morgan fingerprint density at radius 1 is 1.37 bits per heavy atom. The highest BCUT2D eigenvalue weighted by molar-refractivity contribution is 5.84. The van der Waals surface area contributed by atoms with E-state index in [-0.39, 0.29) is 23.7 Å². The quantitative estimate of drug-likeness (QED) is 0.845. The van der Waals surface area contributed by atoms with E-state index in [0.29, 0.717) is 12.1 Å². The molecule has 0 aliphatic rings. The molecule has 1 aromatic carbocycles. The van der Waals surface area contributed by atoms with Crippen LogP contribution < -0.4 is 16.0 Å². The van der Waals surface area contributed by atoms with Crippen molar-refractivity contribution < 1.29 is 9.53 Å². The van der Waals surface area contributed by atoms with Crippen LogP contribution in [-0.2, 0) is 11.8 Å². The van der Waals surface area contributed by atoms with Crippen LogP contribution in [0.5, 0.6) is 5.75 Å². The summed E-state index contributed by atoms with van der Waals surface area (Å²) in [7, 11) is 1.66. The summed E-state index contributed by atoms with van der Waals surface area (Å²) in [6.45, 7) is 1.67. The number of Topliss-reactive ketones (excluding diaryl/α,β-unsaturated/α-hetero) is 1. The minimum atomic E-state index is -0.263. The first-order chi connectivity index (χ1) is 9.02. The molecule has 0 radical (unpaired) electrons. The number of hydrogen-bond acceptors (Lipinski definition) is 4. The van der Waals surface area contributed by atoms with Crippen LogP contribution in [0.3, 0.4) is 0 Å². The van der Waals surface area contributed by atoms with Crippen LogP contribution in [-0.4, -0.2) is 17.0 Å². The van der Waals surface area contributed by atoms with Crippen LogP contribution in [0.15, 0.2) is 29.1 Å². The Kier molecular flexibility index (Phi) is 3.55. The van der Waals surface area contributed by atoms with Crippen molar-refractivity contribution in [1.29, 1.82) is 0 Å². The highest BCUT2D eigenvalue weighted by Crippen LogP contribution is 2.19. The van der Waals surface area contributed by atoms with Crippen molar-refractivity contribution in [3.8, 4) is 5.75 Å². The Morgan fingerprint density at radius 3 is 2.79 bits per heavy atom. The number of benzene rings is 1. The highest BCUT2D eigenvalue weighted by atomic mass is 16.5. The zero-order chi connectivity index (χ0) is 14.0. The molecule has 1 aromatic heterocycles. The second kappa shape index (κ2) is 5.14. The molecule has 1 heterocycles. The maximum absolute atomic E-state index is 12.1. The number of aromatic nitrogens is 1. The Bertz CT molecular complexity index is 689. The predicted molar refractivity (Wildman–Crippen MR) is 74.4 cm³/mol. The number of carbonyl (C=O) groups is 1. The Hall–Kier alpha value is -2.30.